The summed E-state index contributed by atoms with van der Waals surface area (Å²) in [4.78, 5) is 33.2. The molecule has 0 saturated heterocycles. The van der Waals surface area contributed by atoms with E-state index in [4.69, 9.17) is 5.11 Å². The number of carboxylic acids is 1. The predicted molar refractivity (Wildman–Crippen MR) is 62.3 cm³/mol. The van der Waals surface area contributed by atoms with Gasteiger partial charge in [0.2, 0.25) is 11.8 Å². The Bertz CT molecular complexity index is 307. The number of hydrogen-bond acceptors (Lipinski definition) is 3. The molecular weight excluding hydrogens is 224 g/mol. The normalized spacial score (nSPS) is 12.7. The Morgan fingerprint density at radius 1 is 1.12 bits per heavy atom. The second kappa shape index (κ2) is 6.22. The molecule has 0 aromatic carbocycles. The first-order valence-electron chi connectivity index (χ1n) is 5.41. The van der Waals surface area contributed by atoms with Crippen LogP contribution < -0.4 is 10.6 Å². The minimum atomic E-state index is -1.14. The van der Waals surface area contributed by atoms with Gasteiger partial charge in [-0.1, -0.05) is 20.8 Å². The first kappa shape index (κ1) is 15.4. The Morgan fingerprint density at radius 2 is 1.59 bits per heavy atom. The summed E-state index contributed by atoms with van der Waals surface area (Å²) < 4.78 is 0. The summed E-state index contributed by atoms with van der Waals surface area (Å²) in [7, 11) is 0. The summed E-state index contributed by atoms with van der Waals surface area (Å²) in [6.07, 6.45) is 0. The van der Waals surface area contributed by atoms with E-state index in [1.54, 1.807) is 20.8 Å². The lowest BCUT2D eigenvalue weighted by atomic mass is 9.80. The van der Waals surface area contributed by atoms with E-state index in [-0.39, 0.29) is 19.0 Å². The minimum Gasteiger partial charge on any atom is -0.481 e. The lowest BCUT2D eigenvalue weighted by Crippen LogP contribution is -2.44. The van der Waals surface area contributed by atoms with E-state index in [1.165, 1.54) is 6.92 Å². The van der Waals surface area contributed by atoms with Crippen molar-refractivity contribution in [2.24, 2.45) is 11.3 Å². The van der Waals surface area contributed by atoms with Gasteiger partial charge in [0, 0.05) is 20.0 Å². The number of nitrogens with one attached hydrogen (secondary N) is 2. The maximum atomic E-state index is 11.7. The number of carboxylic acid groups (broad SMARTS) is 1. The Kier molecular flexibility index (Phi) is 5.64. The van der Waals surface area contributed by atoms with Gasteiger partial charge in [-0.05, 0) is 5.41 Å². The number of carbonyl (C=O) groups is 3. The minimum absolute atomic E-state index is 0.190. The van der Waals surface area contributed by atoms with Crippen LogP contribution in [-0.2, 0) is 14.4 Å². The summed E-state index contributed by atoms with van der Waals surface area (Å²) in [5.41, 5.74) is -0.649. The molecule has 98 valence electrons. The molecule has 0 heterocycles. The highest BCUT2D eigenvalue weighted by atomic mass is 16.4. The summed E-state index contributed by atoms with van der Waals surface area (Å²) >= 11 is 0. The molecule has 0 aromatic heterocycles. The molecule has 3 N–H and O–H groups in total. The van der Waals surface area contributed by atoms with Crippen LogP contribution in [0.5, 0.6) is 0 Å². The molecule has 0 saturated carbocycles. The van der Waals surface area contributed by atoms with E-state index in [0.717, 1.165) is 0 Å². The van der Waals surface area contributed by atoms with Crippen LogP contribution in [0.2, 0.25) is 0 Å². The van der Waals surface area contributed by atoms with Crippen LogP contribution in [0, 0.1) is 11.3 Å². The monoisotopic (exact) mass is 244 g/mol. The van der Waals surface area contributed by atoms with Crippen LogP contribution in [0.15, 0.2) is 0 Å². The second-order valence-electron chi connectivity index (χ2n) is 4.91. The molecule has 17 heavy (non-hydrogen) atoms. The van der Waals surface area contributed by atoms with Crippen molar-refractivity contribution in [3.63, 3.8) is 0 Å². The molecule has 2 amide bonds. The fraction of sp³-hybridized carbons (Fsp3) is 0.727. The summed E-state index contributed by atoms with van der Waals surface area (Å²) in [6, 6.07) is 0. The van der Waals surface area contributed by atoms with Crippen LogP contribution in [0.1, 0.15) is 27.7 Å². The van der Waals surface area contributed by atoms with Gasteiger partial charge in [0.05, 0.1) is 0 Å². The number of amides is 2. The standard InChI is InChI=1S/C11H20N2O4/c1-7(14)12-5-6-13-9(15)8(10(16)17)11(2,3)4/h8H,5-6H2,1-4H3,(H,12,14)(H,13,15)(H,16,17). The molecule has 0 aliphatic heterocycles. The Morgan fingerprint density at radius 3 is 1.94 bits per heavy atom. The number of rotatable bonds is 5. The zero-order chi connectivity index (χ0) is 13.6. The van der Waals surface area contributed by atoms with Gasteiger partial charge in [0.15, 0.2) is 0 Å². The molecular formula is C11H20N2O4. The molecule has 0 aliphatic carbocycles. The maximum Gasteiger partial charge on any atom is 0.316 e. The van der Waals surface area contributed by atoms with Gasteiger partial charge in [-0.2, -0.15) is 0 Å². The van der Waals surface area contributed by atoms with Crippen molar-refractivity contribution in [2.75, 3.05) is 13.1 Å². The van der Waals surface area contributed by atoms with Crippen molar-refractivity contribution >= 4 is 17.8 Å². The van der Waals surface area contributed by atoms with Gasteiger partial charge in [0.25, 0.3) is 0 Å². The number of aliphatic carboxylic acids is 1. The van der Waals surface area contributed by atoms with Gasteiger partial charge in [-0.15, -0.1) is 0 Å². The summed E-state index contributed by atoms with van der Waals surface area (Å²) in [6.45, 7) is 6.96. The first-order chi connectivity index (χ1) is 7.66. The van der Waals surface area contributed by atoms with Crippen LogP contribution >= 0.6 is 0 Å². The van der Waals surface area contributed by atoms with E-state index in [0.29, 0.717) is 0 Å². The van der Waals surface area contributed by atoms with Crippen LogP contribution in [0.25, 0.3) is 0 Å². The van der Waals surface area contributed by atoms with E-state index in [2.05, 4.69) is 10.6 Å². The number of hydrogen-bond donors (Lipinski definition) is 3. The summed E-state index contributed by atoms with van der Waals surface area (Å²) in [5, 5.41) is 14.0. The van der Waals surface area contributed by atoms with Crippen molar-refractivity contribution in [2.45, 2.75) is 27.7 Å². The van der Waals surface area contributed by atoms with E-state index >= 15 is 0 Å². The molecule has 0 fully saturated rings. The number of carbonyl (C=O) groups excluding carboxylic acids is 2. The van der Waals surface area contributed by atoms with Crippen LogP contribution in [0.4, 0.5) is 0 Å². The highest BCUT2D eigenvalue weighted by Crippen LogP contribution is 2.26. The molecule has 0 bridgehead atoms. The van der Waals surface area contributed by atoms with E-state index in [9.17, 15) is 14.4 Å². The van der Waals surface area contributed by atoms with Crippen molar-refractivity contribution in [3.05, 3.63) is 0 Å². The quantitative estimate of drug-likeness (QED) is 0.468. The topological polar surface area (TPSA) is 95.5 Å². The van der Waals surface area contributed by atoms with Crippen molar-refractivity contribution in [3.8, 4) is 0 Å². The smallest absolute Gasteiger partial charge is 0.316 e. The summed E-state index contributed by atoms with van der Waals surface area (Å²) in [5.74, 6) is -2.96. The third-order valence-corrected chi connectivity index (χ3v) is 2.17. The highest BCUT2D eigenvalue weighted by Gasteiger charge is 2.37. The lowest BCUT2D eigenvalue weighted by molar-refractivity contribution is -0.151. The SMILES string of the molecule is CC(=O)NCCNC(=O)C(C(=O)O)C(C)(C)C. The molecule has 0 aromatic rings. The zero-order valence-corrected chi connectivity index (χ0v) is 10.7. The average molecular weight is 244 g/mol. The maximum absolute atomic E-state index is 11.7. The molecule has 0 rings (SSSR count). The third kappa shape index (κ3) is 5.89. The predicted octanol–water partition coefficient (Wildman–Crippen LogP) is -0.0144. The molecule has 1 atom stereocenters. The van der Waals surface area contributed by atoms with Gasteiger partial charge in [-0.25, -0.2) is 0 Å². The van der Waals surface area contributed by atoms with Crippen LogP contribution in [-0.4, -0.2) is 36.0 Å². The molecule has 1 unspecified atom stereocenters. The second-order valence-corrected chi connectivity index (χ2v) is 4.91. The Balaban J connectivity index is 4.27. The molecule has 0 radical (unpaired) electrons. The van der Waals surface area contributed by atoms with Crippen molar-refractivity contribution in [1.29, 1.82) is 0 Å². The van der Waals surface area contributed by atoms with E-state index in [1.807, 2.05) is 0 Å². The Labute approximate surface area is 101 Å². The van der Waals surface area contributed by atoms with Gasteiger partial charge >= 0.3 is 5.97 Å². The van der Waals surface area contributed by atoms with Gasteiger partial charge in [-0.3, -0.25) is 14.4 Å². The molecule has 6 nitrogen and oxygen atoms in total. The zero-order valence-electron chi connectivity index (χ0n) is 10.7. The molecule has 6 heteroatoms. The lowest BCUT2D eigenvalue weighted by Gasteiger charge is -2.25. The van der Waals surface area contributed by atoms with Gasteiger partial charge < -0.3 is 15.7 Å². The van der Waals surface area contributed by atoms with Crippen LogP contribution in [0.3, 0.4) is 0 Å². The molecule has 0 aliphatic rings. The molecule has 0 spiro atoms. The Hall–Kier alpha value is -1.59. The highest BCUT2D eigenvalue weighted by molar-refractivity contribution is 5.97. The van der Waals surface area contributed by atoms with E-state index < -0.39 is 23.2 Å². The fourth-order valence-electron chi connectivity index (χ4n) is 1.40. The van der Waals surface area contributed by atoms with Crippen molar-refractivity contribution < 1.29 is 19.5 Å². The largest absolute Gasteiger partial charge is 0.481 e. The fourth-order valence-corrected chi connectivity index (χ4v) is 1.40. The average Bonchev–Trinajstić information content (AvgIpc) is 2.08. The van der Waals surface area contributed by atoms with Gasteiger partial charge in [0.1, 0.15) is 5.92 Å². The third-order valence-electron chi connectivity index (χ3n) is 2.17. The van der Waals surface area contributed by atoms with Crippen molar-refractivity contribution in [1.82, 2.24) is 10.6 Å². The first-order valence-corrected chi connectivity index (χ1v) is 5.41.